The number of pyridine rings is 1. The van der Waals surface area contributed by atoms with Gasteiger partial charge in [0.2, 0.25) is 11.7 Å². The molecule has 0 spiro atoms. The molecule has 0 radical (unpaired) electrons. The van der Waals surface area contributed by atoms with Gasteiger partial charge in [0.25, 0.3) is 0 Å². The molecule has 2 aromatic rings. The topological polar surface area (TPSA) is 64.1 Å². The zero-order valence-corrected chi connectivity index (χ0v) is 17.4. The van der Waals surface area contributed by atoms with Gasteiger partial charge in [0.15, 0.2) is 11.5 Å². The molecule has 29 heavy (non-hydrogen) atoms. The summed E-state index contributed by atoms with van der Waals surface area (Å²) in [5, 5.41) is 0. The molecule has 1 fully saturated rings. The maximum atomic E-state index is 12.7. The lowest BCUT2D eigenvalue weighted by atomic mass is 10.1. The summed E-state index contributed by atoms with van der Waals surface area (Å²) in [7, 11) is 4.77. The fraction of sp³-hybridized carbons (Fsp3) is 0.455. The van der Waals surface area contributed by atoms with Crippen LogP contribution in [0.3, 0.4) is 0 Å². The Labute approximate surface area is 172 Å². The van der Waals surface area contributed by atoms with Crippen molar-refractivity contribution in [2.45, 2.75) is 19.4 Å². The average molecular weight is 399 g/mol. The van der Waals surface area contributed by atoms with Gasteiger partial charge in [-0.2, -0.15) is 0 Å². The van der Waals surface area contributed by atoms with Crippen LogP contribution in [0.25, 0.3) is 0 Å². The van der Waals surface area contributed by atoms with Gasteiger partial charge in [0.1, 0.15) is 0 Å². The number of aryl methyl sites for hydroxylation is 1. The molecular weight excluding hydrogens is 370 g/mol. The second-order valence-electron chi connectivity index (χ2n) is 7.05. The molecule has 7 nitrogen and oxygen atoms in total. The second kappa shape index (κ2) is 10.1. The van der Waals surface area contributed by atoms with Crippen LogP contribution in [-0.4, -0.2) is 68.2 Å². The first-order valence-corrected chi connectivity index (χ1v) is 9.82. The summed E-state index contributed by atoms with van der Waals surface area (Å²) >= 11 is 0. The van der Waals surface area contributed by atoms with Gasteiger partial charge < -0.3 is 19.1 Å². The number of hydrogen-bond donors (Lipinski definition) is 0. The van der Waals surface area contributed by atoms with Gasteiger partial charge in [0.05, 0.1) is 21.3 Å². The molecule has 0 unspecified atom stereocenters. The lowest BCUT2D eigenvalue weighted by Crippen LogP contribution is -2.48. The number of carbonyl (C=O) groups excluding carboxylic acids is 1. The summed E-state index contributed by atoms with van der Waals surface area (Å²) in [6.07, 6.45) is 4.73. The van der Waals surface area contributed by atoms with Gasteiger partial charge in [-0.25, -0.2) is 0 Å². The highest BCUT2D eigenvalue weighted by atomic mass is 16.5. The summed E-state index contributed by atoms with van der Waals surface area (Å²) in [6.45, 7) is 4.20. The van der Waals surface area contributed by atoms with E-state index < -0.39 is 0 Å². The van der Waals surface area contributed by atoms with Crippen molar-refractivity contribution >= 4 is 5.91 Å². The van der Waals surface area contributed by atoms with Crippen LogP contribution in [0, 0.1) is 0 Å². The summed E-state index contributed by atoms with van der Waals surface area (Å²) in [6, 6.07) is 7.88. The summed E-state index contributed by atoms with van der Waals surface area (Å²) in [4.78, 5) is 21.1. The molecule has 1 aromatic carbocycles. The summed E-state index contributed by atoms with van der Waals surface area (Å²) < 4.78 is 16.1. The molecule has 1 saturated heterocycles. The predicted octanol–water partition coefficient (Wildman–Crippen LogP) is 2.38. The maximum absolute atomic E-state index is 12.7. The van der Waals surface area contributed by atoms with E-state index in [2.05, 4.69) is 9.88 Å². The van der Waals surface area contributed by atoms with Crippen molar-refractivity contribution in [2.75, 3.05) is 47.5 Å². The maximum Gasteiger partial charge on any atom is 0.222 e. The lowest BCUT2D eigenvalue weighted by molar-refractivity contribution is -0.133. The highest BCUT2D eigenvalue weighted by Crippen LogP contribution is 2.38. The highest BCUT2D eigenvalue weighted by Gasteiger charge is 2.21. The van der Waals surface area contributed by atoms with Crippen LogP contribution in [0.1, 0.15) is 17.5 Å². The minimum absolute atomic E-state index is 0.183. The van der Waals surface area contributed by atoms with Crippen molar-refractivity contribution in [1.29, 1.82) is 0 Å². The number of nitrogens with zero attached hydrogens (tertiary/aromatic N) is 3. The van der Waals surface area contributed by atoms with Crippen molar-refractivity contribution < 1.29 is 19.0 Å². The molecule has 0 N–H and O–H groups in total. The van der Waals surface area contributed by atoms with Crippen LogP contribution in [0.4, 0.5) is 0 Å². The molecule has 1 aliphatic heterocycles. The monoisotopic (exact) mass is 399 g/mol. The van der Waals surface area contributed by atoms with Crippen LogP contribution in [-0.2, 0) is 17.8 Å². The van der Waals surface area contributed by atoms with E-state index >= 15 is 0 Å². The Morgan fingerprint density at radius 3 is 2.10 bits per heavy atom. The number of piperazine rings is 1. The van der Waals surface area contributed by atoms with Crippen LogP contribution >= 0.6 is 0 Å². The third kappa shape index (κ3) is 5.38. The highest BCUT2D eigenvalue weighted by molar-refractivity contribution is 5.76. The van der Waals surface area contributed by atoms with E-state index in [9.17, 15) is 4.79 Å². The van der Waals surface area contributed by atoms with Crippen LogP contribution < -0.4 is 14.2 Å². The molecule has 2 heterocycles. The van der Waals surface area contributed by atoms with Crippen LogP contribution in [0.15, 0.2) is 36.7 Å². The van der Waals surface area contributed by atoms with Crippen LogP contribution in [0.2, 0.25) is 0 Å². The summed E-state index contributed by atoms with van der Waals surface area (Å²) in [5.74, 6) is 1.97. The first-order valence-electron chi connectivity index (χ1n) is 9.82. The third-order valence-electron chi connectivity index (χ3n) is 5.23. The number of methoxy groups -OCH3 is 3. The minimum Gasteiger partial charge on any atom is -0.493 e. The molecule has 0 atom stereocenters. The smallest absolute Gasteiger partial charge is 0.222 e. The van der Waals surface area contributed by atoms with E-state index in [0.717, 1.165) is 38.3 Å². The van der Waals surface area contributed by atoms with Crippen LogP contribution in [0.5, 0.6) is 17.2 Å². The van der Waals surface area contributed by atoms with Crippen molar-refractivity contribution in [2.24, 2.45) is 0 Å². The first kappa shape index (κ1) is 20.9. The molecule has 1 aromatic heterocycles. The minimum atomic E-state index is 0.183. The molecule has 3 rings (SSSR count). The Morgan fingerprint density at radius 1 is 0.931 bits per heavy atom. The van der Waals surface area contributed by atoms with Gasteiger partial charge in [-0.1, -0.05) is 0 Å². The Bertz CT molecular complexity index is 780. The number of benzene rings is 1. The number of ether oxygens (including phenoxy) is 3. The van der Waals surface area contributed by atoms with E-state index in [1.54, 1.807) is 21.3 Å². The molecule has 0 aliphatic carbocycles. The normalized spacial score (nSPS) is 14.5. The second-order valence-corrected chi connectivity index (χ2v) is 7.05. The Kier molecular flexibility index (Phi) is 7.30. The van der Waals surface area contributed by atoms with E-state index in [4.69, 9.17) is 14.2 Å². The van der Waals surface area contributed by atoms with Gasteiger partial charge in [-0.3, -0.25) is 14.7 Å². The zero-order valence-electron chi connectivity index (χ0n) is 17.4. The van der Waals surface area contributed by atoms with E-state index in [0.29, 0.717) is 30.1 Å². The van der Waals surface area contributed by atoms with Crippen molar-refractivity contribution in [3.63, 3.8) is 0 Å². The Hall–Kier alpha value is -2.80. The summed E-state index contributed by atoms with van der Waals surface area (Å²) in [5.41, 5.74) is 2.24. The fourth-order valence-corrected chi connectivity index (χ4v) is 3.59. The number of aromatic nitrogens is 1. The fourth-order valence-electron chi connectivity index (χ4n) is 3.59. The van der Waals surface area contributed by atoms with Gasteiger partial charge in [-0.05, 0) is 41.8 Å². The lowest BCUT2D eigenvalue weighted by Gasteiger charge is -2.34. The number of amides is 1. The predicted molar refractivity (Wildman–Crippen MR) is 111 cm³/mol. The zero-order chi connectivity index (χ0) is 20.6. The largest absolute Gasteiger partial charge is 0.493 e. The number of rotatable bonds is 8. The van der Waals surface area contributed by atoms with E-state index in [-0.39, 0.29) is 5.91 Å². The third-order valence-corrected chi connectivity index (χ3v) is 5.23. The van der Waals surface area contributed by atoms with Crippen molar-refractivity contribution in [3.8, 4) is 17.2 Å². The quantitative estimate of drug-likeness (QED) is 0.679. The number of hydrogen-bond acceptors (Lipinski definition) is 6. The molecule has 0 bridgehead atoms. The van der Waals surface area contributed by atoms with Gasteiger partial charge in [-0.15, -0.1) is 0 Å². The van der Waals surface area contributed by atoms with E-state index in [1.165, 1.54) is 5.56 Å². The molecule has 7 heteroatoms. The van der Waals surface area contributed by atoms with Crippen molar-refractivity contribution in [1.82, 2.24) is 14.8 Å². The standard InChI is InChI=1S/C22H29N3O4/c1-27-19-14-18(15-20(28-2)22(19)29-3)4-5-21(26)25-12-10-24(11-13-25)16-17-6-8-23-9-7-17/h6-9,14-15H,4-5,10-13,16H2,1-3H3. The Balaban J connectivity index is 1.51. The van der Waals surface area contributed by atoms with Gasteiger partial charge >= 0.3 is 0 Å². The molecule has 0 saturated carbocycles. The van der Waals surface area contributed by atoms with Crippen molar-refractivity contribution in [3.05, 3.63) is 47.8 Å². The average Bonchev–Trinajstić information content (AvgIpc) is 2.77. The molecule has 156 valence electrons. The number of carbonyl (C=O) groups is 1. The molecule has 1 amide bonds. The molecule has 1 aliphatic rings. The Morgan fingerprint density at radius 2 is 1.55 bits per heavy atom. The van der Waals surface area contributed by atoms with E-state index in [1.807, 2.05) is 41.6 Å². The first-order chi connectivity index (χ1) is 14.1. The van der Waals surface area contributed by atoms with Gasteiger partial charge in [0, 0.05) is 51.5 Å². The SMILES string of the molecule is COc1cc(CCC(=O)N2CCN(Cc3ccncc3)CC2)cc(OC)c1OC. The molecular formula is C22H29N3O4.